The molecule has 0 radical (unpaired) electrons. The van der Waals surface area contributed by atoms with Crippen molar-refractivity contribution < 1.29 is 9.90 Å². The molecule has 3 aromatic rings. The van der Waals surface area contributed by atoms with Crippen molar-refractivity contribution in [2.45, 2.75) is 13.5 Å². The Morgan fingerprint density at radius 1 is 1.16 bits per heavy atom. The lowest BCUT2D eigenvalue weighted by Gasteiger charge is -2.17. The highest BCUT2D eigenvalue weighted by molar-refractivity contribution is 7.14. The Labute approximate surface area is 150 Å². The number of nitrogens with one attached hydrogen (secondary N) is 1. The van der Waals surface area contributed by atoms with Gasteiger partial charge in [-0.1, -0.05) is 24.3 Å². The van der Waals surface area contributed by atoms with Crippen LogP contribution in [-0.4, -0.2) is 18.4 Å². The van der Waals surface area contributed by atoms with Crippen LogP contribution in [0.5, 0.6) is 5.75 Å². The van der Waals surface area contributed by atoms with Gasteiger partial charge < -0.3 is 16.2 Å². The standard InChI is InChI=1S/C20H20N2O2S/c1-12-9-15(18(11-23)25-12)20-16(22-2)7-8-17(24)19(20)14-5-3-13(10-21)4-6-14/h3-9,11,22,24H,10,21H2,1-2H3. The fourth-order valence-corrected chi connectivity index (χ4v) is 3.84. The molecule has 0 aliphatic heterocycles. The summed E-state index contributed by atoms with van der Waals surface area (Å²) in [6.07, 6.45) is 0.873. The Morgan fingerprint density at radius 2 is 1.88 bits per heavy atom. The number of aromatic hydroxyl groups is 1. The van der Waals surface area contributed by atoms with E-state index in [0.29, 0.717) is 17.0 Å². The normalized spacial score (nSPS) is 10.7. The van der Waals surface area contributed by atoms with E-state index < -0.39 is 0 Å². The van der Waals surface area contributed by atoms with Crippen molar-refractivity contribution in [3.63, 3.8) is 0 Å². The molecular formula is C20H20N2O2S. The van der Waals surface area contributed by atoms with Crippen LogP contribution in [0.3, 0.4) is 0 Å². The van der Waals surface area contributed by atoms with E-state index in [1.807, 2.05) is 50.4 Å². The highest BCUT2D eigenvalue weighted by Crippen LogP contribution is 2.45. The number of benzene rings is 2. The maximum Gasteiger partial charge on any atom is 0.160 e. The number of anilines is 1. The smallest absolute Gasteiger partial charge is 0.160 e. The highest BCUT2D eigenvalue weighted by atomic mass is 32.1. The lowest BCUT2D eigenvalue weighted by molar-refractivity contribution is 0.112. The van der Waals surface area contributed by atoms with Crippen molar-refractivity contribution in [3.8, 4) is 28.0 Å². The molecule has 4 N–H and O–H groups in total. The van der Waals surface area contributed by atoms with Crippen molar-refractivity contribution in [1.82, 2.24) is 0 Å². The van der Waals surface area contributed by atoms with Gasteiger partial charge in [0, 0.05) is 40.8 Å². The molecule has 0 aliphatic rings. The molecule has 128 valence electrons. The number of carbonyl (C=O) groups excluding carboxylic acids is 1. The lowest BCUT2D eigenvalue weighted by Crippen LogP contribution is -1.97. The number of thiophene rings is 1. The third kappa shape index (κ3) is 3.16. The van der Waals surface area contributed by atoms with Gasteiger partial charge in [0.1, 0.15) is 5.75 Å². The fourth-order valence-electron chi connectivity index (χ4n) is 2.99. The molecular weight excluding hydrogens is 332 g/mol. The number of hydrogen-bond donors (Lipinski definition) is 3. The summed E-state index contributed by atoms with van der Waals surface area (Å²) in [5, 5.41) is 13.8. The SMILES string of the molecule is CNc1ccc(O)c(-c2ccc(CN)cc2)c1-c1cc(C)sc1C=O. The molecule has 5 heteroatoms. The third-order valence-electron chi connectivity index (χ3n) is 4.19. The second-order valence-corrected chi connectivity index (χ2v) is 7.07. The van der Waals surface area contributed by atoms with Gasteiger partial charge in [0.05, 0.1) is 4.88 Å². The first kappa shape index (κ1) is 17.2. The molecule has 25 heavy (non-hydrogen) atoms. The topological polar surface area (TPSA) is 75.3 Å². The van der Waals surface area contributed by atoms with Gasteiger partial charge in [-0.25, -0.2) is 0 Å². The van der Waals surface area contributed by atoms with Crippen LogP contribution < -0.4 is 11.1 Å². The molecule has 0 saturated heterocycles. The number of hydrogen-bond acceptors (Lipinski definition) is 5. The number of phenolic OH excluding ortho intramolecular Hbond substituents is 1. The number of rotatable bonds is 5. The average molecular weight is 352 g/mol. The van der Waals surface area contributed by atoms with Crippen LogP contribution in [0.4, 0.5) is 5.69 Å². The molecule has 0 unspecified atom stereocenters. The van der Waals surface area contributed by atoms with Gasteiger partial charge in [0.25, 0.3) is 0 Å². The first-order chi connectivity index (χ1) is 12.1. The van der Waals surface area contributed by atoms with E-state index in [9.17, 15) is 9.90 Å². The van der Waals surface area contributed by atoms with Crippen molar-refractivity contribution in [1.29, 1.82) is 0 Å². The van der Waals surface area contributed by atoms with Gasteiger partial charge >= 0.3 is 0 Å². The zero-order chi connectivity index (χ0) is 18.0. The van der Waals surface area contributed by atoms with E-state index in [2.05, 4.69) is 5.32 Å². The number of nitrogens with two attached hydrogens (primary N) is 1. The zero-order valence-corrected chi connectivity index (χ0v) is 15.0. The monoisotopic (exact) mass is 352 g/mol. The van der Waals surface area contributed by atoms with Crippen LogP contribution in [0.2, 0.25) is 0 Å². The third-order valence-corrected chi connectivity index (χ3v) is 5.17. The van der Waals surface area contributed by atoms with Gasteiger partial charge in [0.2, 0.25) is 0 Å². The minimum Gasteiger partial charge on any atom is -0.507 e. The van der Waals surface area contributed by atoms with Crippen LogP contribution in [0.25, 0.3) is 22.3 Å². The highest BCUT2D eigenvalue weighted by Gasteiger charge is 2.20. The van der Waals surface area contributed by atoms with Crippen LogP contribution >= 0.6 is 11.3 Å². The van der Waals surface area contributed by atoms with Crippen molar-refractivity contribution in [3.05, 3.63) is 57.8 Å². The van der Waals surface area contributed by atoms with E-state index in [4.69, 9.17) is 5.73 Å². The maximum atomic E-state index is 11.5. The van der Waals surface area contributed by atoms with Gasteiger partial charge in [-0.05, 0) is 36.2 Å². The molecule has 4 nitrogen and oxygen atoms in total. The van der Waals surface area contributed by atoms with Crippen LogP contribution in [0.1, 0.15) is 20.1 Å². The second-order valence-electron chi connectivity index (χ2n) is 5.79. The molecule has 3 rings (SSSR count). The summed E-state index contributed by atoms with van der Waals surface area (Å²) in [5.74, 6) is 0.176. The number of carbonyl (C=O) groups is 1. The number of phenols is 1. The molecule has 0 atom stereocenters. The molecule has 0 bridgehead atoms. The van der Waals surface area contributed by atoms with Gasteiger partial charge in [-0.15, -0.1) is 11.3 Å². The first-order valence-corrected chi connectivity index (χ1v) is 8.79. The Kier molecular flexibility index (Phi) is 4.88. The number of aryl methyl sites for hydroxylation is 1. The quantitative estimate of drug-likeness (QED) is 0.470. The lowest BCUT2D eigenvalue weighted by atomic mass is 9.91. The largest absolute Gasteiger partial charge is 0.507 e. The zero-order valence-electron chi connectivity index (χ0n) is 14.2. The minimum absolute atomic E-state index is 0.176. The first-order valence-electron chi connectivity index (χ1n) is 7.98. The predicted molar refractivity (Wildman–Crippen MR) is 104 cm³/mol. The summed E-state index contributed by atoms with van der Waals surface area (Å²) < 4.78 is 0. The Morgan fingerprint density at radius 3 is 2.48 bits per heavy atom. The molecule has 2 aromatic carbocycles. The van der Waals surface area contributed by atoms with Crippen LogP contribution in [0.15, 0.2) is 42.5 Å². The van der Waals surface area contributed by atoms with Gasteiger partial charge in [-0.3, -0.25) is 4.79 Å². The molecule has 0 aliphatic carbocycles. The Balaban J connectivity index is 2.32. The van der Waals surface area contributed by atoms with E-state index in [1.165, 1.54) is 11.3 Å². The van der Waals surface area contributed by atoms with Crippen molar-refractivity contribution in [2.75, 3.05) is 12.4 Å². The summed E-state index contributed by atoms with van der Waals surface area (Å²) >= 11 is 1.45. The molecule has 0 saturated carbocycles. The number of aldehydes is 1. The molecule has 0 fully saturated rings. The summed E-state index contributed by atoms with van der Waals surface area (Å²) in [6.45, 7) is 2.44. The molecule has 0 amide bonds. The molecule has 0 spiro atoms. The summed E-state index contributed by atoms with van der Waals surface area (Å²) in [4.78, 5) is 13.2. The summed E-state index contributed by atoms with van der Waals surface area (Å²) in [5.41, 5.74) is 10.8. The van der Waals surface area contributed by atoms with Gasteiger partial charge in [0.15, 0.2) is 6.29 Å². The van der Waals surface area contributed by atoms with Crippen molar-refractivity contribution in [2.24, 2.45) is 5.73 Å². The van der Waals surface area contributed by atoms with Crippen LogP contribution in [0, 0.1) is 6.92 Å². The average Bonchev–Trinajstić information content (AvgIpc) is 3.02. The molecule has 1 aromatic heterocycles. The Bertz CT molecular complexity index is 914. The Hall–Kier alpha value is -2.63. The minimum atomic E-state index is 0.176. The van der Waals surface area contributed by atoms with Crippen LogP contribution in [-0.2, 0) is 6.54 Å². The molecule has 1 heterocycles. The van der Waals surface area contributed by atoms with E-state index in [-0.39, 0.29) is 5.75 Å². The van der Waals surface area contributed by atoms with E-state index in [1.54, 1.807) is 6.07 Å². The van der Waals surface area contributed by atoms with Gasteiger partial charge in [-0.2, -0.15) is 0 Å². The summed E-state index contributed by atoms with van der Waals surface area (Å²) in [6, 6.07) is 13.3. The summed E-state index contributed by atoms with van der Waals surface area (Å²) in [7, 11) is 1.83. The second kappa shape index (κ2) is 7.09. The van der Waals surface area contributed by atoms with Crippen molar-refractivity contribution >= 4 is 23.3 Å². The van der Waals surface area contributed by atoms with E-state index in [0.717, 1.165) is 39.1 Å². The maximum absolute atomic E-state index is 11.5. The fraction of sp³-hybridized carbons (Fsp3) is 0.150. The van der Waals surface area contributed by atoms with E-state index >= 15 is 0 Å². The predicted octanol–water partition coefficient (Wildman–Crippen LogP) is 4.41.